The van der Waals surface area contributed by atoms with E-state index in [1.165, 1.54) is 30.3 Å². The van der Waals surface area contributed by atoms with Gasteiger partial charge in [-0.05, 0) is 23.8 Å². The van der Waals surface area contributed by atoms with E-state index in [0.29, 0.717) is 5.56 Å². The first-order chi connectivity index (χ1) is 7.15. The number of carbonyl (C=O) groups is 1. The van der Waals surface area contributed by atoms with Crippen LogP contribution >= 0.6 is 11.8 Å². The molecule has 1 aromatic carbocycles. The van der Waals surface area contributed by atoms with Crippen molar-refractivity contribution in [2.24, 2.45) is 4.99 Å². The highest BCUT2D eigenvalue weighted by molar-refractivity contribution is 8.18. The number of thioether (sulfide) groups is 1. The lowest BCUT2D eigenvalue weighted by Crippen LogP contribution is -2.08. The van der Waals surface area contributed by atoms with Crippen LogP contribution in [0.25, 0.3) is 6.08 Å². The van der Waals surface area contributed by atoms with Crippen molar-refractivity contribution >= 4 is 29.0 Å². The van der Waals surface area contributed by atoms with Crippen molar-refractivity contribution in [3.63, 3.8) is 0 Å². The zero-order valence-corrected chi connectivity index (χ0v) is 8.25. The summed E-state index contributed by atoms with van der Waals surface area (Å²) < 4.78 is 12.6. The van der Waals surface area contributed by atoms with Gasteiger partial charge in [-0.25, -0.2) is 9.38 Å². The zero-order valence-electron chi connectivity index (χ0n) is 7.44. The van der Waals surface area contributed by atoms with Crippen molar-refractivity contribution in [2.75, 3.05) is 0 Å². The van der Waals surface area contributed by atoms with E-state index in [1.807, 2.05) is 0 Å². The molecular formula is C10H5FNO2S-. The van der Waals surface area contributed by atoms with E-state index < -0.39 is 11.1 Å². The number of rotatable bonds is 1. The van der Waals surface area contributed by atoms with Gasteiger partial charge in [-0.3, -0.25) is 4.79 Å². The van der Waals surface area contributed by atoms with Crippen molar-refractivity contribution in [3.8, 4) is 0 Å². The number of amides is 1. The monoisotopic (exact) mass is 222 g/mol. The molecule has 0 unspecified atom stereocenters. The van der Waals surface area contributed by atoms with Gasteiger partial charge in [-0.15, -0.1) is 0 Å². The molecule has 15 heavy (non-hydrogen) atoms. The molecule has 1 aliphatic rings. The lowest BCUT2D eigenvalue weighted by atomic mass is 10.2. The maximum absolute atomic E-state index is 12.6. The summed E-state index contributed by atoms with van der Waals surface area (Å²) in [6, 6.07) is 5.63. The maximum atomic E-state index is 12.6. The molecule has 0 bridgehead atoms. The molecule has 0 N–H and O–H groups in total. The summed E-state index contributed by atoms with van der Waals surface area (Å²) in [5, 5.41) is 10.3. The molecular weight excluding hydrogens is 217 g/mol. The van der Waals surface area contributed by atoms with Crippen molar-refractivity contribution in [1.29, 1.82) is 0 Å². The average molecular weight is 222 g/mol. The highest BCUT2D eigenvalue weighted by Gasteiger charge is 2.15. The van der Waals surface area contributed by atoms with E-state index in [2.05, 4.69) is 4.99 Å². The predicted octanol–water partition coefficient (Wildman–Crippen LogP) is 1.16. The van der Waals surface area contributed by atoms with Crippen LogP contribution in [0.2, 0.25) is 0 Å². The lowest BCUT2D eigenvalue weighted by Gasteiger charge is -1.98. The maximum Gasteiger partial charge on any atom is 0.283 e. The Bertz CT molecular complexity index is 465. The van der Waals surface area contributed by atoms with E-state index in [9.17, 15) is 14.3 Å². The standard InChI is InChI=1S/C10H6FNO2S/c11-7-3-1-6(2-4-7)5-8-9(13)12-10(14)15-8/h1-5H,(H,12,13,14)/p-1. The Morgan fingerprint density at radius 2 is 2.00 bits per heavy atom. The molecule has 0 radical (unpaired) electrons. The van der Waals surface area contributed by atoms with Gasteiger partial charge in [0.2, 0.25) is 0 Å². The van der Waals surface area contributed by atoms with Crippen LogP contribution in [-0.4, -0.2) is 11.1 Å². The largest absolute Gasteiger partial charge is 0.853 e. The molecule has 1 aromatic rings. The van der Waals surface area contributed by atoms with Gasteiger partial charge in [0.05, 0.1) is 4.91 Å². The molecule has 1 amide bonds. The summed E-state index contributed by atoms with van der Waals surface area (Å²) >= 11 is 0.785. The first kappa shape index (κ1) is 9.92. The van der Waals surface area contributed by atoms with Crippen LogP contribution in [0.3, 0.4) is 0 Å². The fourth-order valence-corrected chi connectivity index (χ4v) is 1.74. The first-order valence-electron chi connectivity index (χ1n) is 4.10. The van der Waals surface area contributed by atoms with Crippen molar-refractivity contribution < 1.29 is 14.3 Å². The topological polar surface area (TPSA) is 52.5 Å². The van der Waals surface area contributed by atoms with Crippen LogP contribution in [0.5, 0.6) is 0 Å². The van der Waals surface area contributed by atoms with Crippen molar-refractivity contribution in [3.05, 3.63) is 40.6 Å². The quantitative estimate of drug-likeness (QED) is 0.670. The second-order valence-corrected chi connectivity index (χ2v) is 3.84. The Hall–Kier alpha value is -1.62. The number of nitrogens with zero attached hydrogens (tertiary/aromatic N) is 1. The van der Waals surface area contributed by atoms with E-state index in [4.69, 9.17) is 0 Å². The molecule has 3 nitrogen and oxygen atoms in total. The molecule has 0 spiro atoms. The number of hydrogen-bond acceptors (Lipinski definition) is 3. The molecule has 76 valence electrons. The van der Waals surface area contributed by atoms with E-state index in [1.54, 1.807) is 0 Å². The van der Waals surface area contributed by atoms with Gasteiger partial charge in [0.25, 0.3) is 5.91 Å². The van der Waals surface area contributed by atoms with Gasteiger partial charge < -0.3 is 5.11 Å². The molecule has 0 atom stereocenters. The number of halogens is 1. The van der Waals surface area contributed by atoms with Gasteiger partial charge in [0.1, 0.15) is 5.82 Å². The van der Waals surface area contributed by atoms with E-state index in [0.717, 1.165) is 11.8 Å². The molecule has 0 fully saturated rings. The van der Waals surface area contributed by atoms with Crippen LogP contribution in [0, 0.1) is 5.82 Å². The summed E-state index contributed by atoms with van der Waals surface area (Å²) in [7, 11) is 0. The van der Waals surface area contributed by atoms with E-state index in [-0.39, 0.29) is 10.7 Å². The van der Waals surface area contributed by atoms with Crippen LogP contribution < -0.4 is 5.11 Å². The minimum absolute atomic E-state index is 0.270. The zero-order chi connectivity index (χ0) is 10.8. The normalized spacial score (nSPS) is 18.3. The van der Waals surface area contributed by atoms with Gasteiger partial charge in [0.15, 0.2) is 0 Å². The van der Waals surface area contributed by atoms with Gasteiger partial charge in [0, 0.05) is 5.23 Å². The van der Waals surface area contributed by atoms with Gasteiger partial charge >= 0.3 is 0 Å². The average Bonchev–Trinajstić information content (AvgIpc) is 2.49. The Labute approximate surface area is 89.3 Å². The minimum atomic E-state index is -0.533. The third kappa shape index (κ3) is 2.24. The molecule has 0 saturated carbocycles. The van der Waals surface area contributed by atoms with Crippen LogP contribution in [0.4, 0.5) is 4.39 Å². The predicted molar refractivity (Wildman–Crippen MR) is 54.4 cm³/mol. The number of benzene rings is 1. The summed E-state index contributed by atoms with van der Waals surface area (Å²) in [5.74, 6) is -0.877. The third-order valence-corrected chi connectivity index (χ3v) is 2.55. The molecule has 0 aliphatic carbocycles. The molecule has 0 saturated heterocycles. The number of aliphatic imine (C=N–C) groups is 1. The van der Waals surface area contributed by atoms with Gasteiger partial charge in [-0.2, -0.15) is 0 Å². The van der Waals surface area contributed by atoms with Crippen LogP contribution in [0.15, 0.2) is 34.2 Å². The second-order valence-electron chi connectivity index (χ2n) is 2.85. The minimum Gasteiger partial charge on any atom is -0.853 e. The highest BCUT2D eigenvalue weighted by Crippen LogP contribution is 2.26. The Kier molecular flexibility index (Phi) is 2.55. The summed E-state index contributed by atoms with van der Waals surface area (Å²) in [6.45, 7) is 0. The molecule has 5 heteroatoms. The molecule has 2 rings (SSSR count). The van der Waals surface area contributed by atoms with E-state index >= 15 is 0 Å². The molecule has 1 heterocycles. The first-order valence-corrected chi connectivity index (χ1v) is 4.92. The number of hydrogen-bond donors (Lipinski definition) is 0. The van der Waals surface area contributed by atoms with Crippen molar-refractivity contribution in [1.82, 2.24) is 0 Å². The summed E-state index contributed by atoms with van der Waals surface area (Å²) in [5.41, 5.74) is 0.664. The van der Waals surface area contributed by atoms with Crippen molar-refractivity contribution in [2.45, 2.75) is 0 Å². The Morgan fingerprint density at radius 3 is 2.53 bits per heavy atom. The summed E-state index contributed by atoms with van der Waals surface area (Å²) in [6.07, 6.45) is 1.51. The smallest absolute Gasteiger partial charge is 0.283 e. The van der Waals surface area contributed by atoms with Crippen LogP contribution in [0.1, 0.15) is 5.56 Å². The Balaban J connectivity index is 2.25. The second kappa shape index (κ2) is 3.86. The SMILES string of the molecule is O=C1N=C([O-])SC1=Cc1ccc(F)cc1. The fourth-order valence-electron chi connectivity index (χ4n) is 1.10. The molecule has 0 aromatic heterocycles. The number of carbonyl (C=O) groups excluding carboxylic acids is 1. The third-order valence-electron chi connectivity index (χ3n) is 1.77. The summed E-state index contributed by atoms with van der Waals surface area (Å²) in [4.78, 5) is 14.6. The fraction of sp³-hybridized carbons (Fsp3) is 0. The molecule has 1 aliphatic heterocycles. The van der Waals surface area contributed by atoms with Gasteiger partial charge in [-0.1, -0.05) is 23.9 Å². The highest BCUT2D eigenvalue weighted by atomic mass is 32.2. The lowest BCUT2D eigenvalue weighted by molar-refractivity contribution is -0.205. The Morgan fingerprint density at radius 1 is 1.33 bits per heavy atom. The van der Waals surface area contributed by atoms with Crippen LogP contribution in [-0.2, 0) is 4.79 Å².